The summed E-state index contributed by atoms with van der Waals surface area (Å²) < 4.78 is 0. The van der Waals surface area contributed by atoms with E-state index in [9.17, 15) is 0 Å². The second-order valence-corrected chi connectivity index (χ2v) is 3.06. The van der Waals surface area contributed by atoms with Gasteiger partial charge in [0.2, 0.25) is 0 Å². The standard InChI is InChI=1S/C9H21N3/c1-10-6-4-8-12(3)9-5-7-11-2/h11H,1,4-9H2,2-3H3. The lowest BCUT2D eigenvalue weighted by molar-refractivity contribution is 0.326. The van der Waals surface area contributed by atoms with Gasteiger partial charge in [0.05, 0.1) is 0 Å². The minimum absolute atomic E-state index is 0.885. The quantitative estimate of drug-likeness (QED) is 0.428. The zero-order valence-electron chi connectivity index (χ0n) is 8.34. The number of hydrogen-bond acceptors (Lipinski definition) is 3. The molecule has 0 atom stereocenters. The Balaban J connectivity index is 3.09. The van der Waals surface area contributed by atoms with Crippen LogP contribution < -0.4 is 5.32 Å². The van der Waals surface area contributed by atoms with Crippen molar-refractivity contribution in [3.8, 4) is 0 Å². The van der Waals surface area contributed by atoms with E-state index in [2.05, 4.69) is 29.0 Å². The summed E-state index contributed by atoms with van der Waals surface area (Å²) in [4.78, 5) is 6.15. The molecule has 0 unspecified atom stereocenters. The summed E-state index contributed by atoms with van der Waals surface area (Å²) in [6, 6.07) is 0. The average Bonchev–Trinajstić information content (AvgIpc) is 2.06. The Bertz CT molecular complexity index is 104. The van der Waals surface area contributed by atoms with Crippen molar-refractivity contribution >= 4 is 6.72 Å². The van der Waals surface area contributed by atoms with E-state index in [1.54, 1.807) is 0 Å². The number of hydrogen-bond donors (Lipinski definition) is 1. The van der Waals surface area contributed by atoms with Gasteiger partial charge in [-0.15, -0.1) is 0 Å². The van der Waals surface area contributed by atoms with E-state index >= 15 is 0 Å². The van der Waals surface area contributed by atoms with Crippen LogP contribution in [0.15, 0.2) is 4.99 Å². The van der Waals surface area contributed by atoms with Gasteiger partial charge in [-0.05, 0) is 53.3 Å². The topological polar surface area (TPSA) is 27.6 Å². The van der Waals surface area contributed by atoms with Gasteiger partial charge in [0.15, 0.2) is 0 Å². The van der Waals surface area contributed by atoms with Crippen LogP contribution in [-0.4, -0.2) is 51.9 Å². The summed E-state index contributed by atoms with van der Waals surface area (Å²) in [6.07, 6.45) is 2.34. The zero-order valence-corrected chi connectivity index (χ0v) is 8.34. The van der Waals surface area contributed by atoms with Crippen LogP contribution in [0.5, 0.6) is 0 Å². The summed E-state index contributed by atoms with van der Waals surface area (Å²) in [6.45, 7) is 7.73. The predicted octanol–water partition coefficient (Wildman–Crippen LogP) is 0.618. The molecule has 0 spiro atoms. The Morgan fingerprint density at radius 3 is 2.58 bits per heavy atom. The summed E-state index contributed by atoms with van der Waals surface area (Å²) in [5.74, 6) is 0. The number of rotatable bonds is 8. The molecular formula is C9H21N3. The van der Waals surface area contributed by atoms with Gasteiger partial charge in [0.25, 0.3) is 0 Å². The lowest BCUT2D eigenvalue weighted by atomic mass is 10.3. The molecule has 1 N–H and O–H groups in total. The van der Waals surface area contributed by atoms with Crippen molar-refractivity contribution in [2.75, 3.05) is 40.3 Å². The van der Waals surface area contributed by atoms with Crippen molar-refractivity contribution in [1.82, 2.24) is 10.2 Å². The Morgan fingerprint density at radius 1 is 1.33 bits per heavy atom. The monoisotopic (exact) mass is 171 g/mol. The first kappa shape index (κ1) is 11.6. The Kier molecular flexibility index (Phi) is 8.39. The first-order valence-electron chi connectivity index (χ1n) is 4.57. The minimum Gasteiger partial charge on any atom is -0.320 e. The lowest BCUT2D eigenvalue weighted by Gasteiger charge is -2.15. The maximum absolute atomic E-state index is 3.82. The molecule has 0 aromatic rings. The highest BCUT2D eigenvalue weighted by Crippen LogP contribution is 1.89. The Hall–Kier alpha value is -0.410. The fourth-order valence-electron chi connectivity index (χ4n) is 1.09. The maximum Gasteiger partial charge on any atom is 0.0394 e. The summed E-state index contributed by atoms with van der Waals surface area (Å²) in [7, 11) is 4.14. The summed E-state index contributed by atoms with van der Waals surface area (Å²) in [5, 5.41) is 3.14. The maximum atomic E-state index is 3.82. The van der Waals surface area contributed by atoms with Crippen LogP contribution >= 0.6 is 0 Å². The molecule has 0 heterocycles. The largest absolute Gasteiger partial charge is 0.320 e. The highest BCUT2D eigenvalue weighted by Gasteiger charge is 1.95. The molecule has 0 amide bonds. The van der Waals surface area contributed by atoms with E-state index in [1.807, 2.05) is 7.05 Å². The van der Waals surface area contributed by atoms with Crippen LogP contribution in [-0.2, 0) is 0 Å². The smallest absolute Gasteiger partial charge is 0.0394 e. The second-order valence-electron chi connectivity index (χ2n) is 3.06. The molecule has 3 heteroatoms. The highest BCUT2D eigenvalue weighted by atomic mass is 15.1. The third-order valence-electron chi connectivity index (χ3n) is 1.82. The van der Waals surface area contributed by atoms with Crippen molar-refractivity contribution < 1.29 is 0 Å². The van der Waals surface area contributed by atoms with Crippen molar-refractivity contribution in [2.45, 2.75) is 12.8 Å². The van der Waals surface area contributed by atoms with Gasteiger partial charge in [-0.2, -0.15) is 0 Å². The van der Waals surface area contributed by atoms with Crippen LogP contribution in [0, 0.1) is 0 Å². The molecule has 0 aromatic carbocycles. The normalized spacial score (nSPS) is 10.6. The predicted molar refractivity (Wildman–Crippen MR) is 55.1 cm³/mol. The fourth-order valence-corrected chi connectivity index (χ4v) is 1.09. The third-order valence-corrected chi connectivity index (χ3v) is 1.82. The van der Waals surface area contributed by atoms with Crippen molar-refractivity contribution in [3.63, 3.8) is 0 Å². The molecule has 3 nitrogen and oxygen atoms in total. The SMILES string of the molecule is C=NCCCN(C)CCCNC. The van der Waals surface area contributed by atoms with Crippen LogP contribution in [0.25, 0.3) is 0 Å². The van der Waals surface area contributed by atoms with Crippen LogP contribution in [0.4, 0.5) is 0 Å². The van der Waals surface area contributed by atoms with Gasteiger partial charge < -0.3 is 15.2 Å². The summed E-state index contributed by atoms with van der Waals surface area (Å²) in [5.41, 5.74) is 0. The molecule has 0 bridgehead atoms. The van der Waals surface area contributed by atoms with E-state index in [4.69, 9.17) is 0 Å². The Morgan fingerprint density at radius 2 is 2.00 bits per heavy atom. The molecule has 0 saturated heterocycles. The fraction of sp³-hybridized carbons (Fsp3) is 0.889. The van der Waals surface area contributed by atoms with E-state index in [0.717, 1.165) is 32.6 Å². The third kappa shape index (κ3) is 7.69. The van der Waals surface area contributed by atoms with Gasteiger partial charge in [0, 0.05) is 6.54 Å². The molecule has 0 fully saturated rings. The van der Waals surface area contributed by atoms with Crippen molar-refractivity contribution in [3.05, 3.63) is 0 Å². The van der Waals surface area contributed by atoms with Crippen molar-refractivity contribution in [2.24, 2.45) is 4.99 Å². The van der Waals surface area contributed by atoms with Crippen LogP contribution in [0.3, 0.4) is 0 Å². The second kappa shape index (κ2) is 8.68. The first-order valence-corrected chi connectivity index (χ1v) is 4.57. The number of aliphatic imine (C=N–C) groups is 1. The van der Waals surface area contributed by atoms with Gasteiger partial charge in [-0.1, -0.05) is 0 Å². The van der Waals surface area contributed by atoms with E-state index in [1.165, 1.54) is 6.42 Å². The molecule has 0 radical (unpaired) electrons. The molecule has 0 aliphatic heterocycles. The molecule has 12 heavy (non-hydrogen) atoms. The zero-order chi connectivity index (χ0) is 9.23. The van der Waals surface area contributed by atoms with Crippen LogP contribution in [0.2, 0.25) is 0 Å². The molecular weight excluding hydrogens is 150 g/mol. The first-order chi connectivity index (χ1) is 5.81. The van der Waals surface area contributed by atoms with E-state index in [0.29, 0.717) is 0 Å². The highest BCUT2D eigenvalue weighted by molar-refractivity contribution is 5.22. The molecule has 0 rings (SSSR count). The average molecular weight is 171 g/mol. The lowest BCUT2D eigenvalue weighted by Crippen LogP contribution is -2.24. The molecule has 0 aromatic heterocycles. The van der Waals surface area contributed by atoms with Gasteiger partial charge >= 0.3 is 0 Å². The summed E-state index contributed by atoms with van der Waals surface area (Å²) >= 11 is 0. The van der Waals surface area contributed by atoms with E-state index < -0.39 is 0 Å². The van der Waals surface area contributed by atoms with Gasteiger partial charge in [0.1, 0.15) is 0 Å². The molecule has 0 aliphatic rings. The Labute approximate surface area is 75.9 Å². The van der Waals surface area contributed by atoms with Gasteiger partial charge in [-0.25, -0.2) is 0 Å². The molecule has 0 aliphatic carbocycles. The number of nitrogens with zero attached hydrogens (tertiary/aromatic N) is 2. The molecule has 72 valence electrons. The van der Waals surface area contributed by atoms with Crippen LogP contribution in [0.1, 0.15) is 12.8 Å². The van der Waals surface area contributed by atoms with Crippen molar-refractivity contribution in [1.29, 1.82) is 0 Å². The van der Waals surface area contributed by atoms with Gasteiger partial charge in [-0.3, -0.25) is 0 Å². The molecule has 0 saturated carbocycles. The van der Waals surface area contributed by atoms with E-state index in [-0.39, 0.29) is 0 Å². The number of nitrogens with one attached hydrogen (secondary N) is 1. The minimum atomic E-state index is 0.885.